The Balaban J connectivity index is 2.77. The van der Waals surface area contributed by atoms with E-state index in [9.17, 15) is 4.79 Å². The van der Waals surface area contributed by atoms with Crippen LogP contribution in [-0.4, -0.2) is 10.2 Å². The average Bonchev–Trinajstić information content (AvgIpc) is 2.37. The first-order chi connectivity index (χ1) is 4.34. The SMILES string of the molecule is CCC(=O)c1cnsc1. The summed E-state index contributed by atoms with van der Waals surface area (Å²) in [6.45, 7) is 1.85. The summed E-state index contributed by atoms with van der Waals surface area (Å²) in [4.78, 5) is 10.8. The molecule has 1 rings (SSSR count). The van der Waals surface area contributed by atoms with Crippen LogP contribution in [0.5, 0.6) is 0 Å². The number of carbonyl (C=O) groups excluding carboxylic acids is 1. The molecule has 0 N–H and O–H groups in total. The molecule has 0 saturated heterocycles. The second kappa shape index (κ2) is 2.73. The van der Waals surface area contributed by atoms with E-state index in [1.54, 1.807) is 11.6 Å². The zero-order valence-corrected chi connectivity index (χ0v) is 5.94. The Kier molecular flexibility index (Phi) is 1.95. The van der Waals surface area contributed by atoms with E-state index in [1.165, 1.54) is 11.5 Å². The molecule has 1 heterocycles. The second-order valence-corrected chi connectivity index (χ2v) is 2.35. The topological polar surface area (TPSA) is 30.0 Å². The van der Waals surface area contributed by atoms with Crippen molar-refractivity contribution in [1.29, 1.82) is 0 Å². The summed E-state index contributed by atoms with van der Waals surface area (Å²) < 4.78 is 3.81. The van der Waals surface area contributed by atoms with Gasteiger partial charge < -0.3 is 0 Å². The van der Waals surface area contributed by atoms with E-state index in [0.717, 1.165) is 5.56 Å². The maximum absolute atomic E-state index is 10.8. The number of nitrogens with zero attached hydrogens (tertiary/aromatic N) is 1. The normalized spacial score (nSPS) is 9.44. The lowest BCUT2D eigenvalue weighted by atomic mass is 10.2. The predicted molar refractivity (Wildman–Crippen MR) is 36.7 cm³/mol. The Hall–Kier alpha value is -0.700. The van der Waals surface area contributed by atoms with E-state index >= 15 is 0 Å². The van der Waals surface area contributed by atoms with Crippen LogP contribution in [0.15, 0.2) is 11.6 Å². The van der Waals surface area contributed by atoms with Gasteiger partial charge in [0, 0.05) is 17.4 Å². The highest BCUT2D eigenvalue weighted by molar-refractivity contribution is 7.03. The largest absolute Gasteiger partial charge is 0.294 e. The van der Waals surface area contributed by atoms with Crippen molar-refractivity contribution < 1.29 is 4.79 Å². The Morgan fingerprint density at radius 1 is 1.89 bits per heavy atom. The number of Topliss-reactive ketones (excluding diaryl/α,β-unsaturated/α-hetero) is 1. The lowest BCUT2D eigenvalue weighted by Crippen LogP contribution is -1.92. The quantitative estimate of drug-likeness (QED) is 0.587. The van der Waals surface area contributed by atoms with E-state index in [4.69, 9.17) is 0 Å². The maximum atomic E-state index is 10.8. The van der Waals surface area contributed by atoms with Crippen LogP contribution < -0.4 is 0 Å². The van der Waals surface area contributed by atoms with Crippen molar-refractivity contribution in [1.82, 2.24) is 4.37 Å². The van der Waals surface area contributed by atoms with Crippen molar-refractivity contribution in [3.8, 4) is 0 Å². The van der Waals surface area contributed by atoms with Gasteiger partial charge in [0.1, 0.15) is 0 Å². The van der Waals surface area contributed by atoms with Gasteiger partial charge in [-0.2, -0.15) is 0 Å². The van der Waals surface area contributed by atoms with E-state index in [0.29, 0.717) is 6.42 Å². The minimum Gasteiger partial charge on any atom is -0.294 e. The van der Waals surface area contributed by atoms with Crippen molar-refractivity contribution in [3.05, 3.63) is 17.1 Å². The maximum Gasteiger partial charge on any atom is 0.165 e. The molecule has 1 aromatic heterocycles. The molecular formula is C6H7NOS. The fourth-order valence-corrected chi connectivity index (χ4v) is 1.09. The highest BCUT2D eigenvalue weighted by atomic mass is 32.1. The molecule has 0 radical (unpaired) electrons. The lowest BCUT2D eigenvalue weighted by Gasteiger charge is -1.85. The fraction of sp³-hybridized carbons (Fsp3) is 0.333. The highest BCUT2D eigenvalue weighted by Gasteiger charge is 2.01. The monoisotopic (exact) mass is 141 g/mol. The summed E-state index contributed by atoms with van der Waals surface area (Å²) in [7, 11) is 0. The van der Waals surface area contributed by atoms with Gasteiger partial charge in [-0.25, -0.2) is 4.37 Å². The number of hydrogen-bond acceptors (Lipinski definition) is 3. The van der Waals surface area contributed by atoms with Gasteiger partial charge >= 0.3 is 0 Å². The van der Waals surface area contributed by atoms with Crippen molar-refractivity contribution in [3.63, 3.8) is 0 Å². The van der Waals surface area contributed by atoms with Crippen LogP contribution in [0, 0.1) is 0 Å². The molecule has 0 aliphatic carbocycles. The van der Waals surface area contributed by atoms with Crippen molar-refractivity contribution in [2.24, 2.45) is 0 Å². The molecule has 1 aromatic rings. The van der Waals surface area contributed by atoms with Gasteiger partial charge in [0.15, 0.2) is 5.78 Å². The molecule has 3 heteroatoms. The predicted octanol–water partition coefficient (Wildman–Crippen LogP) is 1.74. The molecule has 0 atom stereocenters. The third-order valence-corrected chi connectivity index (χ3v) is 1.66. The van der Waals surface area contributed by atoms with Crippen LogP contribution in [0.2, 0.25) is 0 Å². The molecule has 0 spiro atoms. The minimum atomic E-state index is 0.170. The molecule has 9 heavy (non-hydrogen) atoms. The average molecular weight is 141 g/mol. The van der Waals surface area contributed by atoms with Gasteiger partial charge in [0.05, 0.1) is 6.20 Å². The molecule has 0 fully saturated rings. The van der Waals surface area contributed by atoms with Gasteiger partial charge in [0.25, 0.3) is 0 Å². The molecule has 0 aliphatic rings. The van der Waals surface area contributed by atoms with Crippen LogP contribution >= 0.6 is 11.5 Å². The molecule has 0 bridgehead atoms. The number of aromatic nitrogens is 1. The van der Waals surface area contributed by atoms with Gasteiger partial charge in [-0.15, -0.1) is 0 Å². The lowest BCUT2D eigenvalue weighted by molar-refractivity contribution is 0.0988. The molecule has 0 unspecified atom stereocenters. The first-order valence-corrected chi connectivity index (χ1v) is 3.61. The third kappa shape index (κ3) is 1.36. The Morgan fingerprint density at radius 3 is 3.11 bits per heavy atom. The number of carbonyl (C=O) groups is 1. The third-order valence-electron chi connectivity index (χ3n) is 1.08. The highest BCUT2D eigenvalue weighted by Crippen LogP contribution is 2.03. The van der Waals surface area contributed by atoms with Crippen LogP contribution in [-0.2, 0) is 0 Å². The minimum absolute atomic E-state index is 0.170. The van der Waals surface area contributed by atoms with Crippen molar-refractivity contribution in [2.75, 3.05) is 0 Å². The summed E-state index contributed by atoms with van der Waals surface area (Å²) in [5.41, 5.74) is 0.738. The molecule has 0 aromatic carbocycles. The summed E-state index contributed by atoms with van der Waals surface area (Å²) in [5, 5.41) is 1.77. The van der Waals surface area contributed by atoms with E-state index in [-0.39, 0.29) is 5.78 Å². The molecule has 0 saturated carbocycles. The fourth-order valence-electron chi connectivity index (χ4n) is 0.547. The standard InChI is InChI=1S/C6H7NOS/c1-2-6(8)5-3-7-9-4-5/h3-4H,2H2,1H3. The number of rotatable bonds is 2. The van der Waals surface area contributed by atoms with Gasteiger partial charge in [0.2, 0.25) is 0 Å². The van der Waals surface area contributed by atoms with E-state index < -0.39 is 0 Å². The number of ketones is 1. The summed E-state index contributed by atoms with van der Waals surface area (Å²) in [6.07, 6.45) is 2.18. The Bertz CT molecular complexity index is 193. The Morgan fingerprint density at radius 2 is 2.67 bits per heavy atom. The summed E-state index contributed by atoms with van der Waals surface area (Å²) in [5.74, 6) is 0.170. The zero-order chi connectivity index (χ0) is 6.69. The summed E-state index contributed by atoms with van der Waals surface area (Å²) in [6, 6.07) is 0. The molecule has 0 amide bonds. The first kappa shape index (κ1) is 6.42. The van der Waals surface area contributed by atoms with E-state index in [2.05, 4.69) is 4.37 Å². The molecule has 2 nitrogen and oxygen atoms in total. The molecule has 0 aliphatic heterocycles. The summed E-state index contributed by atoms with van der Waals surface area (Å²) >= 11 is 1.31. The van der Waals surface area contributed by atoms with Crippen LogP contribution in [0.3, 0.4) is 0 Å². The second-order valence-electron chi connectivity index (χ2n) is 1.69. The smallest absolute Gasteiger partial charge is 0.165 e. The van der Waals surface area contributed by atoms with Gasteiger partial charge in [-0.1, -0.05) is 6.92 Å². The van der Waals surface area contributed by atoms with Crippen LogP contribution in [0.4, 0.5) is 0 Å². The first-order valence-electron chi connectivity index (χ1n) is 2.77. The molecule has 48 valence electrons. The van der Waals surface area contributed by atoms with Gasteiger partial charge in [-0.3, -0.25) is 4.79 Å². The van der Waals surface area contributed by atoms with E-state index in [1.807, 2.05) is 6.92 Å². The molecular weight excluding hydrogens is 134 g/mol. The van der Waals surface area contributed by atoms with Crippen molar-refractivity contribution in [2.45, 2.75) is 13.3 Å². The zero-order valence-electron chi connectivity index (χ0n) is 5.13. The number of hydrogen-bond donors (Lipinski definition) is 0. The van der Waals surface area contributed by atoms with Crippen molar-refractivity contribution >= 4 is 17.3 Å². The van der Waals surface area contributed by atoms with Crippen LogP contribution in [0.1, 0.15) is 23.7 Å². The van der Waals surface area contributed by atoms with Gasteiger partial charge in [-0.05, 0) is 11.5 Å². The van der Waals surface area contributed by atoms with Crippen LogP contribution in [0.25, 0.3) is 0 Å². The Labute approximate surface area is 57.7 Å².